The van der Waals surface area contributed by atoms with Gasteiger partial charge in [0, 0.05) is 26.2 Å². The molecular formula is C21H27ClN4O3. The van der Waals surface area contributed by atoms with Gasteiger partial charge in [-0.1, -0.05) is 41.9 Å². The molecule has 1 aromatic carbocycles. The van der Waals surface area contributed by atoms with E-state index in [1.165, 1.54) is 4.68 Å². The van der Waals surface area contributed by atoms with Gasteiger partial charge in [-0.25, -0.2) is 9.48 Å². The van der Waals surface area contributed by atoms with Gasteiger partial charge in [-0.2, -0.15) is 5.10 Å². The van der Waals surface area contributed by atoms with Gasteiger partial charge in [0.15, 0.2) is 0 Å². The summed E-state index contributed by atoms with van der Waals surface area (Å²) in [5.74, 6) is 0. The van der Waals surface area contributed by atoms with E-state index in [2.05, 4.69) is 5.10 Å². The summed E-state index contributed by atoms with van der Waals surface area (Å²) in [5.41, 5.74) is 0.738. The summed E-state index contributed by atoms with van der Waals surface area (Å²) in [5, 5.41) is 4.47. The van der Waals surface area contributed by atoms with Gasteiger partial charge in [0.1, 0.15) is 10.6 Å². The first-order valence-electron chi connectivity index (χ1n) is 9.77. The molecule has 2 aromatic rings. The molecule has 1 aromatic heterocycles. The van der Waals surface area contributed by atoms with Crippen LogP contribution in [-0.4, -0.2) is 52.6 Å². The van der Waals surface area contributed by atoms with E-state index in [1.54, 1.807) is 11.1 Å². The van der Waals surface area contributed by atoms with E-state index < -0.39 is 5.60 Å². The van der Waals surface area contributed by atoms with Crippen LogP contribution in [0.5, 0.6) is 0 Å². The average molecular weight is 419 g/mol. The molecule has 3 rings (SSSR count). The predicted molar refractivity (Wildman–Crippen MR) is 114 cm³/mol. The third kappa shape index (κ3) is 5.50. The molecule has 1 saturated heterocycles. The second kappa shape index (κ2) is 8.86. The number of amides is 1. The van der Waals surface area contributed by atoms with Crippen molar-refractivity contribution in [2.24, 2.45) is 0 Å². The maximum atomic E-state index is 12.7. The molecule has 29 heavy (non-hydrogen) atoms. The van der Waals surface area contributed by atoms with Crippen LogP contribution in [0, 0.1) is 0 Å². The van der Waals surface area contributed by atoms with E-state index in [4.69, 9.17) is 16.3 Å². The summed E-state index contributed by atoms with van der Waals surface area (Å²) in [6, 6.07) is 9.65. The van der Waals surface area contributed by atoms with Crippen molar-refractivity contribution in [3.8, 4) is 0 Å². The van der Waals surface area contributed by atoms with Crippen LogP contribution in [0.3, 0.4) is 0 Å². The minimum atomic E-state index is -0.528. The Kier molecular flexibility index (Phi) is 6.47. The minimum Gasteiger partial charge on any atom is -0.444 e. The molecule has 0 aliphatic carbocycles. The summed E-state index contributed by atoms with van der Waals surface area (Å²) in [6.07, 6.45) is 2.07. The number of rotatable bonds is 3. The van der Waals surface area contributed by atoms with Crippen LogP contribution >= 0.6 is 11.6 Å². The van der Waals surface area contributed by atoms with Crippen molar-refractivity contribution in [3.05, 3.63) is 57.5 Å². The molecule has 0 radical (unpaired) electrons. The lowest BCUT2D eigenvalue weighted by molar-refractivity contribution is 0.0263. The second-order valence-corrected chi connectivity index (χ2v) is 8.48. The average Bonchev–Trinajstić information content (AvgIpc) is 2.91. The zero-order valence-electron chi connectivity index (χ0n) is 17.1. The van der Waals surface area contributed by atoms with Crippen molar-refractivity contribution in [1.82, 2.24) is 14.7 Å². The minimum absolute atomic E-state index is 0.154. The van der Waals surface area contributed by atoms with Crippen molar-refractivity contribution in [2.75, 3.05) is 31.1 Å². The zero-order chi connectivity index (χ0) is 21.0. The molecule has 1 aliphatic heterocycles. The van der Waals surface area contributed by atoms with Gasteiger partial charge in [-0.15, -0.1) is 0 Å². The SMILES string of the molecule is CC(C)(C)OC(=O)N1CCCN(c2cnn(Cc3ccccc3)c(=O)c2Cl)CC1. The Morgan fingerprint density at radius 2 is 1.86 bits per heavy atom. The summed E-state index contributed by atoms with van der Waals surface area (Å²) >= 11 is 6.42. The Hall–Kier alpha value is -2.54. The molecule has 1 amide bonds. The molecule has 0 unspecified atom stereocenters. The first kappa shape index (κ1) is 21.2. The number of nitrogens with zero attached hydrogens (tertiary/aromatic N) is 4. The number of hydrogen-bond acceptors (Lipinski definition) is 5. The molecule has 1 aliphatic rings. The molecule has 0 bridgehead atoms. The highest BCUT2D eigenvalue weighted by Crippen LogP contribution is 2.23. The summed E-state index contributed by atoms with van der Waals surface area (Å²) in [6.45, 7) is 8.26. The highest BCUT2D eigenvalue weighted by molar-refractivity contribution is 6.33. The van der Waals surface area contributed by atoms with Crippen molar-refractivity contribution < 1.29 is 9.53 Å². The smallest absolute Gasteiger partial charge is 0.410 e. The van der Waals surface area contributed by atoms with Gasteiger partial charge in [-0.05, 0) is 32.8 Å². The summed E-state index contributed by atoms with van der Waals surface area (Å²) in [7, 11) is 0. The van der Waals surface area contributed by atoms with Crippen LogP contribution in [0.15, 0.2) is 41.3 Å². The van der Waals surface area contributed by atoms with Gasteiger partial charge in [0.25, 0.3) is 5.56 Å². The molecule has 0 N–H and O–H groups in total. The first-order chi connectivity index (χ1) is 13.7. The van der Waals surface area contributed by atoms with Crippen LogP contribution in [-0.2, 0) is 11.3 Å². The number of benzene rings is 1. The third-order valence-electron chi connectivity index (χ3n) is 4.63. The van der Waals surface area contributed by atoms with Gasteiger partial charge in [0.05, 0.1) is 18.4 Å². The van der Waals surface area contributed by atoms with E-state index in [0.29, 0.717) is 38.4 Å². The lowest BCUT2D eigenvalue weighted by atomic mass is 10.2. The monoisotopic (exact) mass is 418 g/mol. The fourth-order valence-electron chi connectivity index (χ4n) is 3.21. The number of halogens is 1. The standard InChI is InChI=1S/C21H27ClN4O3/c1-21(2,3)29-20(28)25-11-7-10-24(12-13-25)17-14-23-26(19(27)18(17)22)15-16-8-5-4-6-9-16/h4-6,8-9,14H,7,10-13,15H2,1-3H3. The largest absolute Gasteiger partial charge is 0.444 e. The lowest BCUT2D eigenvalue weighted by Gasteiger charge is -2.27. The van der Waals surface area contributed by atoms with E-state index in [0.717, 1.165) is 12.0 Å². The summed E-state index contributed by atoms with van der Waals surface area (Å²) in [4.78, 5) is 28.8. The zero-order valence-corrected chi connectivity index (χ0v) is 17.9. The Labute approximate surface area is 175 Å². The number of carbonyl (C=O) groups excluding carboxylic acids is 1. The number of hydrogen-bond donors (Lipinski definition) is 0. The van der Waals surface area contributed by atoms with E-state index in [1.807, 2.05) is 56.0 Å². The molecule has 156 valence electrons. The number of carbonyl (C=O) groups is 1. The third-order valence-corrected chi connectivity index (χ3v) is 4.99. The highest BCUT2D eigenvalue weighted by Gasteiger charge is 2.25. The molecular weight excluding hydrogens is 392 g/mol. The quantitative estimate of drug-likeness (QED) is 0.764. The molecule has 1 fully saturated rings. The van der Waals surface area contributed by atoms with Gasteiger partial charge < -0.3 is 14.5 Å². The lowest BCUT2D eigenvalue weighted by Crippen LogP contribution is -2.39. The Morgan fingerprint density at radius 1 is 1.14 bits per heavy atom. The Bertz CT molecular complexity index is 908. The fourth-order valence-corrected chi connectivity index (χ4v) is 3.48. The first-order valence-corrected chi connectivity index (χ1v) is 10.1. The predicted octanol–water partition coefficient (Wildman–Crippen LogP) is 3.39. The topological polar surface area (TPSA) is 67.7 Å². The van der Waals surface area contributed by atoms with E-state index in [9.17, 15) is 9.59 Å². The molecule has 0 saturated carbocycles. The second-order valence-electron chi connectivity index (χ2n) is 8.10. The highest BCUT2D eigenvalue weighted by atomic mass is 35.5. The van der Waals surface area contributed by atoms with Gasteiger partial charge in [-0.3, -0.25) is 4.79 Å². The molecule has 8 heteroatoms. The maximum absolute atomic E-state index is 12.7. The van der Waals surface area contributed by atoms with Crippen molar-refractivity contribution in [2.45, 2.75) is 39.3 Å². The van der Waals surface area contributed by atoms with E-state index in [-0.39, 0.29) is 16.7 Å². The maximum Gasteiger partial charge on any atom is 0.410 e. The summed E-state index contributed by atoms with van der Waals surface area (Å²) < 4.78 is 6.83. The van der Waals surface area contributed by atoms with Crippen molar-refractivity contribution in [1.29, 1.82) is 0 Å². The van der Waals surface area contributed by atoms with Crippen LogP contribution in [0.4, 0.5) is 10.5 Å². The Balaban J connectivity index is 1.71. The molecule has 2 heterocycles. The Morgan fingerprint density at radius 3 is 2.55 bits per heavy atom. The molecule has 0 atom stereocenters. The van der Waals surface area contributed by atoms with Crippen LogP contribution in [0.2, 0.25) is 5.02 Å². The van der Waals surface area contributed by atoms with Crippen LogP contribution < -0.4 is 10.5 Å². The van der Waals surface area contributed by atoms with Gasteiger partial charge >= 0.3 is 6.09 Å². The molecule has 0 spiro atoms. The van der Waals surface area contributed by atoms with Crippen LogP contribution in [0.1, 0.15) is 32.8 Å². The van der Waals surface area contributed by atoms with Gasteiger partial charge in [0.2, 0.25) is 0 Å². The fraction of sp³-hybridized carbons (Fsp3) is 0.476. The number of anilines is 1. The van der Waals surface area contributed by atoms with Crippen molar-refractivity contribution in [3.63, 3.8) is 0 Å². The van der Waals surface area contributed by atoms with E-state index >= 15 is 0 Å². The number of ether oxygens (including phenoxy) is 1. The number of aromatic nitrogens is 2. The normalized spacial score (nSPS) is 15.2. The van der Waals surface area contributed by atoms with Crippen molar-refractivity contribution >= 4 is 23.4 Å². The molecule has 7 nitrogen and oxygen atoms in total. The van der Waals surface area contributed by atoms with Crippen LogP contribution in [0.25, 0.3) is 0 Å².